The molecule has 1 aliphatic rings. The normalized spacial score (nSPS) is 14.0. The molecule has 1 aliphatic heterocycles. The molecule has 1 unspecified atom stereocenters. The number of thioether (sulfide) groups is 1. The van der Waals surface area contributed by atoms with Crippen molar-refractivity contribution in [1.29, 1.82) is 0 Å². The molecule has 1 atom stereocenters. The monoisotopic (exact) mass is 357 g/mol. The Kier molecular flexibility index (Phi) is 5.40. The van der Waals surface area contributed by atoms with Crippen molar-refractivity contribution in [1.82, 2.24) is 5.32 Å². The van der Waals surface area contributed by atoms with Crippen molar-refractivity contribution in [3.8, 4) is 0 Å². The number of ether oxygens (including phenoxy) is 1. The maximum Gasteiger partial charge on any atom is 0.305 e. The van der Waals surface area contributed by atoms with E-state index >= 15 is 0 Å². The lowest BCUT2D eigenvalue weighted by atomic mass is 10.0. The van der Waals surface area contributed by atoms with Crippen molar-refractivity contribution >= 4 is 23.6 Å². The molecule has 2 aromatic carbocycles. The molecule has 25 heavy (non-hydrogen) atoms. The molecule has 0 saturated carbocycles. The molecule has 0 aliphatic carbocycles. The van der Waals surface area contributed by atoms with Gasteiger partial charge in [0.15, 0.2) is 0 Å². The van der Waals surface area contributed by atoms with Gasteiger partial charge in [-0.1, -0.05) is 18.2 Å². The lowest BCUT2D eigenvalue weighted by Crippen LogP contribution is -2.30. The second kappa shape index (κ2) is 7.72. The Hall–Kier alpha value is -2.31. The third-order valence-corrected chi connectivity index (χ3v) is 4.93. The summed E-state index contributed by atoms with van der Waals surface area (Å²) in [5.41, 5.74) is 3.39. The SMILES string of the molecule is CSc1ccc(C(CC(=O)O)NC(=O)c2ccc3c(c2)COC3)cc1. The fourth-order valence-electron chi connectivity index (χ4n) is 2.82. The average molecular weight is 357 g/mol. The molecular weight excluding hydrogens is 338 g/mol. The molecule has 0 aromatic heterocycles. The van der Waals surface area contributed by atoms with Crippen LogP contribution < -0.4 is 5.32 Å². The summed E-state index contributed by atoms with van der Waals surface area (Å²) in [5, 5.41) is 12.0. The first-order valence-corrected chi connectivity index (χ1v) is 9.15. The van der Waals surface area contributed by atoms with Crippen LogP contribution in [0.4, 0.5) is 0 Å². The van der Waals surface area contributed by atoms with Crippen molar-refractivity contribution < 1.29 is 19.4 Å². The van der Waals surface area contributed by atoms with Gasteiger partial charge in [0.25, 0.3) is 5.91 Å². The fourth-order valence-corrected chi connectivity index (χ4v) is 3.23. The van der Waals surface area contributed by atoms with E-state index in [-0.39, 0.29) is 12.3 Å². The maximum absolute atomic E-state index is 12.6. The standard InChI is InChI=1S/C19H19NO4S/c1-25-16-6-4-12(5-7-16)17(9-18(21)22)20-19(23)13-2-3-14-10-24-11-15(14)8-13/h2-8,17H,9-11H2,1H3,(H,20,23)(H,21,22). The molecule has 3 rings (SSSR count). The Morgan fingerprint density at radius 3 is 2.56 bits per heavy atom. The summed E-state index contributed by atoms with van der Waals surface area (Å²) in [6.45, 7) is 1.08. The van der Waals surface area contributed by atoms with E-state index in [1.165, 1.54) is 0 Å². The summed E-state index contributed by atoms with van der Waals surface area (Å²) < 4.78 is 5.36. The first-order valence-electron chi connectivity index (χ1n) is 7.93. The molecule has 1 amide bonds. The third-order valence-electron chi connectivity index (χ3n) is 4.19. The summed E-state index contributed by atoms with van der Waals surface area (Å²) in [6, 6.07) is 12.4. The van der Waals surface area contributed by atoms with Gasteiger partial charge in [-0.2, -0.15) is 0 Å². The highest BCUT2D eigenvalue weighted by atomic mass is 32.2. The average Bonchev–Trinajstić information content (AvgIpc) is 3.08. The highest BCUT2D eigenvalue weighted by Gasteiger charge is 2.20. The minimum absolute atomic E-state index is 0.168. The number of carbonyl (C=O) groups is 2. The molecule has 130 valence electrons. The molecule has 1 heterocycles. The fraction of sp³-hybridized carbons (Fsp3) is 0.263. The Morgan fingerprint density at radius 1 is 1.16 bits per heavy atom. The van der Waals surface area contributed by atoms with E-state index < -0.39 is 12.0 Å². The summed E-state index contributed by atoms with van der Waals surface area (Å²) in [6.07, 6.45) is 1.81. The molecule has 0 bridgehead atoms. The molecule has 5 nitrogen and oxygen atoms in total. The van der Waals surface area contributed by atoms with Gasteiger partial charge in [-0.3, -0.25) is 9.59 Å². The summed E-state index contributed by atoms with van der Waals surface area (Å²) in [4.78, 5) is 24.9. The van der Waals surface area contributed by atoms with Gasteiger partial charge in [0.1, 0.15) is 0 Å². The van der Waals surface area contributed by atoms with Gasteiger partial charge in [-0.05, 0) is 47.2 Å². The van der Waals surface area contributed by atoms with Crippen molar-refractivity contribution in [2.45, 2.75) is 30.6 Å². The first-order chi connectivity index (χ1) is 12.1. The number of hydrogen-bond acceptors (Lipinski definition) is 4. The minimum Gasteiger partial charge on any atom is -0.481 e. The number of amides is 1. The smallest absolute Gasteiger partial charge is 0.305 e. The van der Waals surface area contributed by atoms with E-state index in [1.54, 1.807) is 17.8 Å². The summed E-state index contributed by atoms with van der Waals surface area (Å²) in [7, 11) is 0. The first kappa shape index (κ1) is 17.5. The van der Waals surface area contributed by atoms with E-state index in [9.17, 15) is 14.7 Å². The van der Waals surface area contributed by atoms with Gasteiger partial charge in [0, 0.05) is 10.5 Å². The number of nitrogens with one attached hydrogen (secondary N) is 1. The summed E-state index contributed by atoms with van der Waals surface area (Å²) >= 11 is 1.61. The Bertz CT molecular complexity index is 789. The van der Waals surface area contributed by atoms with Crippen LogP contribution in [0, 0.1) is 0 Å². The van der Waals surface area contributed by atoms with Crippen molar-refractivity contribution in [3.05, 3.63) is 64.7 Å². The lowest BCUT2D eigenvalue weighted by molar-refractivity contribution is -0.137. The second-order valence-corrected chi connectivity index (χ2v) is 6.75. The quantitative estimate of drug-likeness (QED) is 0.775. The number of carbonyl (C=O) groups excluding carboxylic acids is 1. The minimum atomic E-state index is -0.957. The zero-order valence-corrected chi connectivity index (χ0v) is 14.6. The van der Waals surface area contributed by atoms with Crippen molar-refractivity contribution in [3.63, 3.8) is 0 Å². The van der Waals surface area contributed by atoms with E-state index in [4.69, 9.17) is 4.74 Å². The number of benzene rings is 2. The highest BCUT2D eigenvalue weighted by Crippen LogP contribution is 2.24. The zero-order chi connectivity index (χ0) is 17.8. The predicted octanol–water partition coefficient (Wildman–Crippen LogP) is 3.38. The van der Waals surface area contributed by atoms with Crippen LogP contribution in [0.25, 0.3) is 0 Å². The van der Waals surface area contributed by atoms with Gasteiger partial charge >= 0.3 is 5.97 Å². The maximum atomic E-state index is 12.6. The Balaban J connectivity index is 1.79. The van der Waals surface area contributed by atoms with Crippen LogP contribution in [0.15, 0.2) is 47.4 Å². The number of rotatable bonds is 6. The van der Waals surface area contributed by atoms with Crippen molar-refractivity contribution in [2.75, 3.05) is 6.26 Å². The molecule has 0 saturated heterocycles. The number of fused-ring (bicyclic) bond motifs is 1. The number of carboxylic acids is 1. The zero-order valence-electron chi connectivity index (χ0n) is 13.8. The Labute approximate surface area is 150 Å². The van der Waals surface area contributed by atoms with Crippen LogP contribution in [0.3, 0.4) is 0 Å². The van der Waals surface area contributed by atoms with Gasteiger partial charge in [0.05, 0.1) is 25.7 Å². The second-order valence-electron chi connectivity index (χ2n) is 5.87. The lowest BCUT2D eigenvalue weighted by Gasteiger charge is -2.18. The van der Waals surface area contributed by atoms with E-state index in [0.29, 0.717) is 18.8 Å². The molecule has 0 radical (unpaired) electrons. The topological polar surface area (TPSA) is 75.6 Å². The molecule has 0 spiro atoms. The highest BCUT2D eigenvalue weighted by molar-refractivity contribution is 7.98. The molecule has 6 heteroatoms. The van der Waals surface area contributed by atoms with E-state index in [1.807, 2.05) is 42.7 Å². The molecular formula is C19H19NO4S. The third kappa shape index (κ3) is 4.21. The van der Waals surface area contributed by atoms with Crippen LogP contribution >= 0.6 is 11.8 Å². The van der Waals surface area contributed by atoms with E-state index in [2.05, 4.69) is 5.32 Å². The van der Waals surface area contributed by atoms with Crippen molar-refractivity contribution in [2.24, 2.45) is 0 Å². The Morgan fingerprint density at radius 2 is 1.88 bits per heavy atom. The van der Waals surface area contributed by atoms with Gasteiger partial charge in [0.2, 0.25) is 0 Å². The number of aliphatic carboxylic acids is 1. The van der Waals surface area contributed by atoms with E-state index in [0.717, 1.165) is 21.6 Å². The predicted molar refractivity (Wildman–Crippen MR) is 95.6 cm³/mol. The number of hydrogen-bond donors (Lipinski definition) is 2. The molecule has 2 N–H and O–H groups in total. The van der Waals surface area contributed by atoms with Crippen LogP contribution in [0.5, 0.6) is 0 Å². The molecule has 0 fully saturated rings. The van der Waals surface area contributed by atoms with Crippen LogP contribution in [-0.4, -0.2) is 23.2 Å². The molecule has 2 aromatic rings. The summed E-state index contributed by atoms with van der Waals surface area (Å²) in [5.74, 6) is -1.24. The van der Waals surface area contributed by atoms with Gasteiger partial charge in [-0.25, -0.2) is 0 Å². The van der Waals surface area contributed by atoms with Gasteiger partial charge < -0.3 is 15.2 Å². The number of carboxylic acid groups (broad SMARTS) is 1. The largest absolute Gasteiger partial charge is 0.481 e. The van der Waals surface area contributed by atoms with Gasteiger partial charge in [-0.15, -0.1) is 11.8 Å². The van der Waals surface area contributed by atoms with Crippen LogP contribution in [0.1, 0.15) is 39.5 Å². The van der Waals surface area contributed by atoms with Crippen LogP contribution in [0.2, 0.25) is 0 Å². The van der Waals surface area contributed by atoms with Crippen LogP contribution in [-0.2, 0) is 22.7 Å².